The molecule has 1 aromatic heterocycles. The highest BCUT2D eigenvalue weighted by molar-refractivity contribution is 6.02. The second-order valence-electron chi connectivity index (χ2n) is 8.41. The van der Waals surface area contributed by atoms with Crippen LogP contribution in [0.1, 0.15) is 32.0 Å². The number of nitrogens with zero attached hydrogens (tertiary/aromatic N) is 1. The molecule has 12 heteroatoms. The summed E-state index contributed by atoms with van der Waals surface area (Å²) < 4.78 is 112. The summed E-state index contributed by atoms with van der Waals surface area (Å²) in [5.74, 6) is -18.7. The van der Waals surface area contributed by atoms with Gasteiger partial charge in [0.25, 0.3) is 0 Å². The van der Waals surface area contributed by atoms with Gasteiger partial charge in [-0.3, -0.25) is 4.79 Å². The van der Waals surface area contributed by atoms with Crippen molar-refractivity contribution < 1.29 is 49.8 Å². The third kappa shape index (κ3) is 3.43. The average molecular weight is 509 g/mol. The Labute approximate surface area is 195 Å². The van der Waals surface area contributed by atoms with Gasteiger partial charge in [-0.1, -0.05) is 23.8 Å². The van der Waals surface area contributed by atoms with Crippen molar-refractivity contribution in [3.05, 3.63) is 46.7 Å². The number of hydrogen-bond acceptors (Lipinski definition) is 4. The number of cyclic esters (lactones) is 1. The minimum atomic E-state index is -6.75. The molecule has 0 radical (unpaired) electrons. The molecule has 0 aliphatic carbocycles. The van der Waals surface area contributed by atoms with E-state index in [2.05, 4.69) is 0 Å². The number of alkyl halides is 7. The number of rotatable bonds is 5. The van der Waals surface area contributed by atoms with Crippen molar-refractivity contribution in [3.63, 3.8) is 0 Å². The monoisotopic (exact) mass is 509 g/mol. The van der Waals surface area contributed by atoms with Crippen molar-refractivity contribution in [2.45, 2.75) is 51.3 Å². The van der Waals surface area contributed by atoms with Gasteiger partial charge in [-0.05, 0) is 33.8 Å². The zero-order valence-electron chi connectivity index (χ0n) is 19.3. The summed E-state index contributed by atoms with van der Waals surface area (Å²) in [5.41, 5.74) is -5.80. The predicted octanol–water partition coefficient (Wildman–Crippen LogP) is 5.59. The van der Waals surface area contributed by atoms with Crippen LogP contribution in [0.5, 0.6) is 0 Å². The maximum Gasteiger partial charge on any atom is 0.460 e. The number of fused-ring (bicyclic) bond motifs is 1. The summed E-state index contributed by atoms with van der Waals surface area (Å²) in [6, 6.07) is 5.46. The number of halogens is 7. The highest BCUT2D eigenvalue weighted by Gasteiger charge is 2.86. The van der Waals surface area contributed by atoms with Crippen LogP contribution >= 0.6 is 0 Å². The maximum absolute atomic E-state index is 15.9. The first kappa shape index (κ1) is 26.6. The van der Waals surface area contributed by atoms with Gasteiger partial charge in [0.2, 0.25) is 5.60 Å². The molecule has 2 atom stereocenters. The Balaban J connectivity index is 2.61. The number of ether oxygens (including phenoxy) is 2. The van der Waals surface area contributed by atoms with Gasteiger partial charge in [-0.2, -0.15) is 30.7 Å². The Kier molecular flexibility index (Phi) is 6.27. The molecule has 2 aromatic rings. The number of hydrogen-bond donors (Lipinski definition) is 0. The molecule has 0 saturated carbocycles. The van der Waals surface area contributed by atoms with Crippen LogP contribution in [0.3, 0.4) is 0 Å². The van der Waals surface area contributed by atoms with Crippen LogP contribution in [0.25, 0.3) is 10.9 Å². The Bertz CT molecular complexity index is 1220. The number of aryl methyl sites for hydroxylation is 1. The zero-order valence-corrected chi connectivity index (χ0v) is 19.3. The first-order valence-electron chi connectivity index (χ1n) is 10.4. The third-order valence-electron chi connectivity index (χ3n) is 6.22. The SMILES string of the molecule is CCOC(=O)[C@@H]1C(=C(C)C)C(=O)O[C@]1(c1c(C)n(C)c2ccccc12)C(F)(F)C(F)(F)C(F)(F)F. The first-order chi connectivity index (χ1) is 16.0. The largest absolute Gasteiger partial charge is 0.465 e. The summed E-state index contributed by atoms with van der Waals surface area (Å²) in [5, 5.41) is -0.192. The van der Waals surface area contributed by atoms with Crippen molar-refractivity contribution in [1.82, 2.24) is 4.57 Å². The smallest absolute Gasteiger partial charge is 0.460 e. The van der Waals surface area contributed by atoms with Gasteiger partial charge in [0, 0.05) is 29.2 Å². The van der Waals surface area contributed by atoms with E-state index in [-0.39, 0.29) is 22.2 Å². The van der Waals surface area contributed by atoms with E-state index in [0.717, 1.165) is 0 Å². The first-order valence-corrected chi connectivity index (χ1v) is 10.4. The van der Waals surface area contributed by atoms with Gasteiger partial charge < -0.3 is 14.0 Å². The van der Waals surface area contributed by atoms with Crippen LogP contribution in [-0.2, 0) is 31.7 Å². The van der Waals surface area contributed by atoms with Crippen LogP contribution in [-0.4, -0.2) is 41.1 Å². The third-order valence-corrected chi connectivity index (χ3v) is 6.22. The fourth-order valence-corrected chi connectivity index (χ4v) is 4.58. The molecule has 1 aliphatic rings. The summed E-state index contributed by atoms with van der Waals surface area (Å²) in [6.07, 6.45) is -6.75. The molecule has 0 spiro atoms. The quantitative estimate of drug-likeness (QED) is 0.300. The Morgan fingerprint density at radius 3 is 2.20 bits per heavy atom. The highest BCUT2D eigenvalue weighted by atomic mass is 19.4. The van der Waals surface area contributed by atoms with E-state index in [1.165, 1.54) is 63.6 Å². The molecular formula is C23H22F7NO4. The second kappa shape index (κ2) is 8.27. The molecule has 0 amide bonds. The fourth-order valence-electron chi connectivity index (χ4n) is 4.58. The molecule has 0 N–H and O–H groups in total. The van der Waals surface area contributed by atoms with Crippen molar-refractivity contribution in [2.75, 3.05) is 6.61 Å². The van der Waals surface area contributed by atoms with Crippen LogP contribution in [0.15, 0.2) is 35.4 Å². The average Bonchev–Trinajstić information content (AvgIpc) is 3.19. The standard InChI is InChI=1S/C23H22F7NO4/c1-6-34-19(33)17-15(11(2)3)18(32)35-20(17,21(24,25)22(26,27)23(28,29)30)16-12(4)31(5)14-10-8-7-9-13(14)16/h7-10,17H,6H2,1-5H3/t17-,20-/m0/s1. The van der Waals surface area contributed by atoms with E-state index >= 15 is 8.78 Å². The maximum atomic E-state index is 15.9. The van der Waals surface area contributed by atoms with Crippen LogP contribution in [0.4, 0.5) is 30.7 Å². The molecule has 0 bridgehead atoms. The molecule has 192 valence electrons. The molecule has 1 aromatic carbocycles. The topological polar surface area (TPSA) is 57.5 Å². The molecule has 2 heterocycles. The van der Waals surface area contributed by atoms with Crippen LogP contribution in [0.2, 0.25) is 0 Å². The lowest BCUT2D eigenvalue weighted by Crippen LogP contribution is -2.65. The van der Waals surface area contributed by atoms with Crippen molar-refractivity contribution in [1.29, 1.82) is 0 Å². The lowest BCUT2D eigenvalue weighted by molar-refractivity contribution is -0.391. The Hall–Kier alpha value is -3.05. The zero-order chi connectivity index (χ0) is 26.7. The van der Waals surface area contributed by atoms with Crippen LogP contribution < -0.4 is 0 Å². The fraction of sp³-hybridized carbons (Fsp3) is 0.478. The van der Waals surface area contributed by atoms with E-state index in [4.69, 9.17) is 9.47 Å². The molecule has 35 heavy (non-hydrogen) atoms. The number of esters is 2. The van der Waals surface area contributed by atoms with E-state index in [9.17, 15) is 31.5 Å². The lowest BCUT2D eigenvalue weighted by atomic mass is 9.71. The van der Waals surface area contributed by atoms with E-state index in [1.807, 2.05) is 0 Å². The van der Waals surface area contributed by atoms with Gasteiger partial charge in [0.15, 0.2) is 0 Å². The van der Waals surface area contributed by atoms with Crippen molar-refractivity contribution >= 4 is 22.8 Å². The van der Waals surface area contributed by atoms with Crippen LogP contribution in [0, 0.1) is 12.8 Å². The molecule has 1 saturated heterocycles. The second-order valence-corrected chi connectivity index (χ2v) is 8.41. The molecule has 1 aliphatic heterocycles. The minimum absolute atomic E-state index is 0.0843. The van der Waals surface area contributed by atoms with Crippen molar-refractivity contribution in [2.24, 2.45) is 13.0 Å². The minimum Gasteiger partial charge on any atom is -0.465 e. The van der Waals surface area contributed by atoms with Gasteiger partial charge in [0.05, 0.1) is 12.2 Å². The highest BCUT2D eigenvalue weighted by Crippen LogP contribution is 2.63. The van der Waals surface area contributed by atoms with E-state index in [1.54, 1.807) is 0 Å². The van der Waals surface area contributed by atoms with Gasteiger partial charge >= 0.3 is 30.0 Å². The predicted molar refractivity (Wildman–Crippen MR) is 110 cm³/mol. The molecular weight excluding hydrogens is 487 g/mol. The van der Waals surface area contributed by atoms with Gasteiger partial charge in [0.1, 0.15) is 5.92 Å². The Morgan fingerprint density at radius 1 is 1.11 bits per heavy atom. The number of carbonyl (C=O) groups excluding carboxylic acids is 2. The number of benzene rings is 1. The normalized spacial score (nSPS) is 21.4. The summed E-state index contributed by atoms with van der Waals surface area (Å²) >= 11 is 0. The number of carbonyl (C=O) groups is 2. The number of para-hydroxylation sites is 1. The number of allylic oxidation sites excluding steroid dienone is 1. The molecule has 0 unspecified atom stereocenters. The molecule has 3 rings (SSSR count). The van der Waals surface area contributed by atoms with Gasteiger partial charge in [-0.25, -0.2) is 4.79 Å². The summed E-state index contributed by atoms with van der Waals surface area (Å²) in [7, 11) is 1.37. The molecule has 1 fully saturated rings. The summed E-state index contributed by atoms with van der Waals surface area (Å²) in [4.78, 5) is 25.9. The summed E-state index contributed by atoms with van der Waals surface area (Å²) in [6.45, 7) is 4.48. The van der Waals surface area contributed by atoms with Crippen molar-refractivity contribution in [3.8, 4) is 0 Å². The Morgan fingerprint density at radius 2 is 1.69 bits per heavy atom. The number of aromatic nitrogens is 1. The lowest BCUT2D eigenvalue weighted by Gasteiger charge is -2.42. The van der Waals surface area contributed by atoms with Gasteiger partial charge in [-0.15, -0.1) is 0 Å². The van der Waals surface area contributed by atoms with E-state index in [0.29, 0.717) is 0 Å². The molecule has 5 nitrogen and oxygen atoms in total. The van der Waals surface area contributed by atoms with E-state index < -0.39 is 59.2 Å².